The summed E-state index contributed by atoms with van der Waals surface area (Å²) >= 11 is 0. The molecule has 0 amide bonds. The van der Waals surface area contributed by atoms with E-state index in [1.807, 2.05) is 0 Å². The molecule has 0 aromatic heterocycles. The molecule has 0 aliphatic heterocycles. The standard InChI is InChI=1S/C15H30/c1-8-14(4,5)13-9-11(2)12(3)15(6,7)10-13/h11-13H,8-10H2,1-7H3. The van der Waals surface area contributed by atoms with Gasteiger partial charge >= 0.3 is 0 Å². The molecule has 3 unspecified atom stereocenters. The number of rotatable bonds is 2. The van der Waals surface area contributed by atoms with Gasteiger partial charge in [-0.2, -0.15) is 0 Å². The Morgan fingerprint density at radius 1 is 1.20 bits per heavy atom. The summed E-state index contributed by atoms with van der Waals surface area (Å²) in [6.07, 6.45) is 4.17. The van der Waals surface area contributed by atoms with Crippen molar-refractivity contribution in [2.75, 3.05) is 0 Å². The maximum Gasteiger partial charge on any atom is -0.0323 e. The molecule has 0 bridgehead atoms. The minimum atomic E-state index is 0.533. The predicted molar refractivity (Wildman–Crippen MR) is 68.9 cm³/mol. The first-order valence-corrected chi connectivity index (χ1v) is 6.70. The SMILES string of the molecule is CCC(C)(C)C1CC(C)C(C)C(C)(C)C1. The van der Waals surface area contributed by atoms with Crippen molar-refractivity contribution in [1.29, 1.82) is 0 Å². The molecule has 0 aromatic rings. The highest BCUT2D eigenvalue weighted by Crippen LogP contribution is 2.52. The minimum absolute atomic E-state index is 0.533. The monoisotopic (exact) mass is 210 g/mol. The zero-order valence-electron chi connectivity index (χ0n) is 11.9. The van der Waals surface area contributed by atoms with Crippen LogP contribution >= 0.6 is 0 Å². The third-order valence-electron chi connectivity index (χ3n) is 5.53. The smallest absolute Gasteiger partial charge is 0.0323 e. The van der Waals surface area contributed by atoms with Gasteiger partial charge < -0.3 is 0 Å². The summed E-state index contributed by atoms with van der Waals surface area (Å²) in [5.74, 6) is 2.69. The molecule has 90 valence electrons. The Bertz CT molecular complexity index is 212. The second-order valence-electron chi connectivity index (χ2n) is 7.23. The topological polar surface area (TPSA) is 0 Å². The van der Waals surface area contributed by atoms with E-state index in [2.05, 4.69) is 48.5 Å². The molecule has 0 spiro atoms. The van der Waals surface area contributed by atoms with Crippen molar-refractivity contribution in [3.63, 3.8) is 0 Å². The van der Waals surface area contributed by atoms with Gasteiger partial charge in [0.25, 0.3) is 0 Å². The third kappa shape index (κ3) is 2.57. The van der Waals surface area contributed by atoms with E-state index >= 15 is 0 Å². The zero-order chi connectivity index (χ0) is 11.9. The van der Waals surface area contributed by atoms with E-state index < -0.39 is 0 Å². The van der Waals surface area contributed by atoms with Crippen molar-refractivity contribution in [3.05, 3.63) is 0 Å². The van der Waals surface area contributed by atoms with E-state index in [9.17, 15) is 0 Å². The van der Waals surface area contributed by atoms with Crippen molar-refractivity contribution >= 4 is 0 Å². The van der Waals surface area contributed by atoms with Gasteiger partial charge in [-0.1, -0.05) is 54.9 Å². The molecule has 0 nitrogen and oxygen atoms in total. The van der Waals surface area contributed by atoms with Crippen molar-refractivity contribution in [3.8, 4) is 0 Å². The first-order chi connectivity index (χ1) is 6.70. The lowest BCUT2D eigenvalue weighted by molar-refractivity contribution is 0.00382. The molecule has 0 N–H and O–H groups in total. The van der Waals surface area contributed by atoms with E-state index in [4.69, 9.17) is 0 Å². The predicted octanol–water partition coefficient (Wildman–Crippen LogP) is 5.13. The lowest BCUT2D eigenvalue weighted by Gasteiger charge is -2.49. The second-order valence-corrected chi connectivity index (χ2v) is 7.23. The van der Waals surface area contributed by atoms with Crippen LogP contribution < -0.4 is 0 Å². The van der Waals surface area contributed by atoms with Crippen molar-refractivity contribution < 1.29 is 0 Å². The lowest BCUT2D eigenvalue weighted by Crippen LogP contribution is -2.40. The Kier molecular flexibility index (Phi) is 3.58. The molecular formula is C15H30. The summed E-state index contributed by atoms with van der Waals surface area (Å²) in [6, 6.07) is 0. The Hall–Kier alpha value is 0. The van der Waals surface area contributed by atoms with Gasteiger partial charge in [-0.05, 0) is 41.4 Å². The van der Waals surface area contributed by atoms with Gasteiger partial charge in [0.05, 0.1) is 0 Å². The van der Waals surface area contributed by atoms with Crippen molar-refractivity contribution in [1.82, 2.24) is 0 Å². The van der Waals surface area contributed by atoms with Crippen LogP contribution in [0.15, 0.2) is 0 Å². The third-order valence-corrected chi connectivity index (χ3v) is 5.53. The maximum absolute atomic E-state index is 2.46. The Morgan fingerprint density at radius 3 is 2.13 bits per heavy atom. The summed E-state index contributed by atoms with van der Waals surface area (Å²) in [5.41, 5.74) is 1.07. The largest absolute Gasteiger partial charge is 0.0649 e. The number of hydrogen-bond acceptors (Lipinski definition) is 0. The molecule has 0 radical (unpaired) electrons. The van der Waals surface area contributed by atoms with E-state index in [1.54, 1.807) is 0 Å². The van der Waals surface area contributed by atoms with Crippen LogP contribution in [0.5, 0.6) is 0 Å². The average Bonchev–Trinajstić information content (AvgIpc) is 2.13. The molecule has 1 aliphatic rings. The summed E-state index contributed by atoms with van der Waals surface area (Å²) in [5, 5.41) is 0. The van der Waals surface area contributed by atoms with Crippen molar-refractivity contribution in [2.45, 2.75) is 67.7 Å². The van der Waals surface area contributed by atoms with Gasteiger partial charge in [0.15, 0.2) is 0 Å². The van der Waals surface area contributed by atoms with Crippen LogP contribution in [-0.4, -0.2) is 0 Å². The van der Waals surface area contributed by atoms with E-state index in [0.717, 1.165) is 17.8 Å². The summed E-state index contributed by atoms with van der Waals surface area (Å²) < 4.78 is 0. The Balaban J connectivity index is 2.81. The normalized spacial score (nSPS) is 36.6. The van der Waals surface area contributed by atoms with Gasteiger partial charge in [-0.25, -0.2) is 0 Å². The second kappa shape index (κ2) is 4.11. The molecule has 15 heavy (non-hydrogen) atoms. The highest BCUT2D eigenvalue weighted by atomic mass is 14.5. The lowest BCUT2D eigenvalue weighted by atomic mass is 9.56. The van der Waals surface area contributed by atoms with Gasteiger partial charge in [0.2, 0.25) is 0 Å². The molecule has 1 rings (SSSR count). The van der Waals surface area contributed by atoms with Crippen LogP contribution in [0, 0.1) is 28.6 Å². The highest BCUT2D eigenvalue weighted by molar-refractivity contribution is 4.92. The fourth-order valence-corrected chi connectivity index (χ4v) is 3.21. The van der Waals surface area contributed by atoms with E-state index in [-0.39, 0.29) is 0 Å². The zero-order valence-corrected chi connectivity index (χ0v) is 11.9. The Labute approximate surface area is 96.8 Å². The van der Waals surface area contributed by atoms with Crippen LogP contribution in [0.4, 0.5) is 0 Å². The highest BCUT2D eigenvalue weighted by Gasteiger charge is 2.42. The van der Waals surface area contributed by atoms with Gasteiger partial charge in [-0.15, -0.1) is 0 Å². The Morgan fingerprint density at radius 2 is 1.73 bits per heavy atom. The van der Waals surface area contributed by atoms with Gasteiger partial charge in [0, 0.05) is 0 Å². The quantitative estimate of drug-likeness (QED) is 0.592. The molecule has 1 saturated carbocycles. The fraction of sp³-hybridized carbons (Fsp3) is 1.00. The van der Waals surface area contributed by atoms with Crippen molar-refractivity contribution in [2.24, 2.45) is 28.6 Å². The summed E-state index contributed by atoms with van der Waals surface area (Å²) in [6.45, 7) is 17.1. The molecule has 0 saturated heterocycles. The maximum atomic E-state index is 2.46. The van der Waals surface area contributed by atoms with Crippen LogP contribution in [0.3, 0.4) is 0 Å². The van der Waals surface area contributed by atoms with E-state index in [0.29, 0.717) is 10.8 Å². The fourth-order valence-electron chi connectivity index (χ4n) is 3.21. The molecule has 0 heteroatoms. The first kappa shape index (κ1) is 13.1. The van der Waals surface area contributed by atoms with E-state index in [1.165, 1.54) is 19.3 Å². The first-order valence-electron chi connectivity index (χ1n) is 6.70. The average molecular weight is 210 g/mol. The van der Waals surface area contributed by atoms with Crippen LogP contribution in [0.1, 0.15) is 67.7 Å². The van der Waals surface area contributed by atoms with Gasteiger partial charge in [-0.3, -0.25) is 0 Å². The summed E-state index contributed by atoms with van der Waals surface area (Å²) in [7, 11) is 0. The minimum Gasteiger partial charge on any atom is -0.0649 e. The van der Waals surface area contributed by atoms with Crippen LogP contribution in [-0.2, 0) is 0 Å². The molecule has 1 fully saturated rings. The molecular weight excluding hydrogens is 180 g/mol. The van der Waals surface area contributed by atoms with Crippen LogP contribution in [0.2, 0.25) is 0 Å². The molecule has 0 aromatic carbocycles. The molecule has 3 atom stereocenters. The van der Waals surface area contributed by atoms with Crippen LogP contribution in [0.25, 0.3) is 0 Å². The molecule has 0 heterocycles. The summed E-state index contributed by atoms with van der Waals surface area (Å²) in [4.78, 5) is 0. The van der Waals surface area contributed by atoms with Gasteiger partial charge in [0.1, 0.15) is 0 Å². The molecule has 1 aliphatic carbocycles. The number of hydrogen-bond donors (Lipinski definition) is 0.